The molecule has 0 radical (unpaired) electrons. The molecule has 0 aliphatic heterocycles. The fourth-order valence-corrected chi connectivity index (χ4v) is 1.58. The first-order chi connectivity index (χ1) is 5.40. The van der Waals surface area contributed by atoms with Crippen molar-refractivity contribution in [3.8, 4) is 0 Å². The van der Waals surface area contributed by atoms with Crippen molar-refractivity contribution in [2.75, 3.05) is 0 Å². The molecule has 0 bridgehead atoms. The molecular weight excluding hydrogens is 228 g/mol. The molecule has 0 aromatic carbocycles. The Hall–Kier alpha value is 0.150. The predicted octanol–water partition coefficient (Wildman–Crippen LogP) is 3.80. The van der Waals surface area contributed by atoms with Gasteiger partial charge in [-0.25, -0.2) is 0 Å². The van der Waals surface area contributed by atoms with Crippen LogP contribution in [0.15, 0.2) is 0 Å². The van der Waals surface area contributed by atoms with Crippen LogP contribution in [0.1, 0.15) is 48.5 Å². The van der Waals surface area contributed by atoms with E-state index >= 15 is 0 Å². The lowest BCUT2D eigenvalue weighted by Crippen LogP contribution is -2.45. The maximum atomic E-state index is 12.1. The Morgan fingerprint density at radius 3 is 1.31 bits per heavy atom. The number of halogens is 1. The van der Waals surface area contributed by atoms with Gasteiger partial charge in [-0.05, 0) is 19.3 Å². The highest BCUT2D eigenvalue weighted by molar-refractivity contribution is 9.10. The zero-order chi connectivity index (χ0) is 11.1. The minimum absolute atomic E-state index is 0.00484. The van der Waals surface area contributed by atoms with Crippen molar-refractivity contribution in [1.29, 1.82) is 0 Å². The fraction of sp³-hybridized carbons (Fsp3) is 0.909. The van der Waals surface area contributed by atoms with Gasteiger partial charge < -0.3 is 0 Å². The monoisotopic (exact) mass is 248 g/mol. The molecule has 2 heteroatoms. The second kappa shape index (κ2) is 3.38. The summed E-state index contributed by atoms with van der Waals surface area (Å²) in [5, 5.41) is 0. The van der Waals surface area contributed by atoms with Gasteiger partial charge in [-0.3, -0.25) is 4.79 Å². The van der Waals surface area contributed by atoms with Crippen LogP contribution in [0.4, 0.5) is 0 Å². The Bertz CT molecular complexity index is 203. The largest absolute Gasteiger partial charge is 0.298 e. The Balaban J connectivity index is 4.98. The molecule has 0 N–H and O–H groups in total. The number of hydrogen-bond acceptors (Lipinski definition) is 1. The third kappa shape index (κ3) is 2.80. The first-order valence-corrected chi connectivity index (χ1v) is 5.44. The van der Waals surface area contributed by atoms with Crippen LogP contribution in [-0.4, -0.2) is 10.1 Å². The van der Waals surface area contributed by atoms with Crippen molar-refractivity contribution in [2.24, 2.45) is 10.8 Å². The highest BCUT2D eigenvalue weighted by Gasteiger charge is 2.44. The lowest BCUT2D eigenvalue weighted by molar-refractivity contribution is -0.134. The van der Waals surface area contributed by atoms with E-state index in [1.807, 2.05) is 27.7 Å². The van der Waals surface area contributed by atoms with E-state index in [0.29, 0.717) is 0 Å². The summed E-state index contributed by atoms with van der Waals surface area (Å²) in [6.07, 6.45) is 0. The van der Waals surface area contributed by atoms with Gasteiger partial charge in [0.25, 0.3) is 0 Å². The molecule has 78 valence electrons. The Morgan fingerprint density at radius 2 is 1.23 bits per heavy atom. The Morgan fingerprint density at radius 1 is 0.923 bits per heavy atom. The Kier molecular flexibility index (Phi) is 3.42. The number of hydrogen-bond donors (Lipinski definition) is 0. The van der Waals surface area contributed by atoms with Crippen LogP contribution in [0, 0.1) is 10.8 Å². The van der Waals surface area contributed by atoms with E-state index in [9.17, 15) is 4.79 Å². The van der Waals surface area contributed by atoms with Crippen LogP contribution in [0.25, 0.3) is 0 Å². The molecule has 1 nitrogen and oxygen atoms in total. The van der Waals surface area contributed by atoms with E-state index in [0.717, 1.165) is 0 Å². The summed E-state index contributed by atoms with van der Waals surface area (Å²) in [4.78, 5) is 12.1. The number of alkyl halides is 1. The van der Waals surface area contributed by atoms with Crippen LogP contribution in [0.5, 0.6) is 0 Å². The van der Waals surface area contributed by atoms with Gasteiger partial charge in [0, 0.05) is 5.41 Å². The number of carbonyl (C=O) groups excluding carboxylic acids is 1. The molecule has 0 fully saturated rings. The smallest absolute Gasteiger partial charge is 0.155 e. The average Bonchev–Trinajstić information content (AvgIpc) is 1.81. The molecule has 0 rings (SSSR count). The number of carbonyl (C=O) groups is 1. The standard InChI is InChI=1S/C11H21BrO/c1-9(2,3)10(4,5)8(13)11(6,7)12/h1-7H3. The number of Topliss-reactive ketones (excluding diaryl/α,β-unsaturated/α-hetero) is 1. The fourth-order valence-electron chi connectivity index (χ4n) is 1.08. The third-order valence-electron chi connectivity index (χ3n) is 2.98. The molecule has 0 aromatic rings. The van der Waals surface area contributed by atoms with Crippen LogP contribution in [-0.2, 0) is 4.79 Å². The predicted molar refractivity (Wildman–Crippen MR) is 61.2 cm³/mol. The maximum absolute atomic E-state index is 12.1. The summed E-state index contributed by atoms with van der Waals surface area (Å²) in [6, 6.07) is 0. The lowest BCUT2D eigenvalue weighted by atomic mass is 9.64. The van der Waals surface area contributed by atoms with Crippen LogP contribution in [0.2, 0.25) is 0 Å². The normalized spacial score (nSPS) is 14.5. The van der Waals surface area contributed by atoms with E-state index < -0.39 is 4.32 Å². The second-order valence-electron chi connectivity index (χ2n) is 5.68. The molecule has 0 unspecified atom stereocenters. The van der Waals surface area contributed by atoms with Gasteiger partial charge in [-0.1, -0.05) is 50.5 Å². The van der Waals surface area contributed by atoms with Gasteiger partial charge in [0.1, 0.15) is 0 Å². The zero-order valence-electron chi connectivity index (χ0n) is 9.79. The summed E-state index contributed by atoms with van der Waals surface area (Å²) in [5.74, 6) is 0.257. The minimum atomic E-state index is -0.427. The van der Waals surface area contributed by atoms with E-state index in [1.165, 1.54) is 0 Å². The first kappa shape index (κ1) is 13.2. The van der Waals surface area contributed by atoms with Crippen LogP contribution < -0.4 is 0 Å². The van der Waals surface area contributed by atoms with Gasteiger partial charge >= 0.3 is 0 Å². The molecule has 0 saturated carbocycles. The van der Waals surface area contributed by atoms with Gasteiger partial charge in [0.2, 0.25) is 0 Å². The highest BCUT2D eigenvalue weighted by atomic mass is 79.9. The molecule has 0 aromatic heterocycles. The van der Waals surface area contributed by atoms with Crippen molar-refractivity contribution in [3.05, 3.63) is 0 Å². The highest BCUT2D eigenvalue weighted by Crippen LogP contribution is 2.42. The SMILES string of the molecule is CC(C)(Br)C(=O)C(C)(C)C(C)(C)C. The Labute approximate surface area is 90.4 Å². The van der Waals surface area contributed by atoms with E-state index in [2.05, 4.69) is 36.7 Å². The average molecular weight is 249 g/mol. The lowest BCUT2D eigenvalue weighted by Gasteiger charge is -2.40. The number of ketones is 1. The van der Waals surface area contributed by atoms with Crippen molar-refractivity contribution in [3.63, 3.8) is 0 Å². The van der Waals surface area contributed by atoms with Crippen LogP contribution in [0.3, 0.4) is 0 Å². The second-order valence-corrected chi connectivity index (χ2v) is 7.66. The quantitative estimate of drug-likeness (QED) is 0.680. The molecule has 0 heterocycles. The van der Waals surface area contributed by atoms with E-state index in [-0.39, 0.29) is 16.6 Å². The summed E-state index contributed by atoms with van der Waals surface area (Å²) in [7, 11) is 0. The molecule has 0 saturated heterocycles. The van der Waals surface area contributed by atoms with Crippen molar-refractivity contribution < 1.29 is 4.79 Å². The first-order valence-electron chi connectivity index (χ1n) is 4.64. The van der Waals surface area contributed by atoms with E-state index in [4.69, 9.17) is 0 Å². The minimum Gasteiger partial charge on any atom is -0.298 e. The van der Waals surface area contributed by atoms with Crippen LogP contribution >= 0.6 is 15.9 Å². The topological polar surface area (TPSA) is 17.1 Å². The van der Waals surface area contributed by atoms with Gasteiger partial charge in [0.15, 0.2) is 5.78 Å². The molecule has 0 aliphatic carbocycles. The third-order valence-corrected chi connectivity index (χ3v) is 3.34. The van der Waals surface area contributed by atoms with Gasteiger partial charge in [-0.2, -0.15) is 0 Å². The summed E-state index contributed by atoms with van der Waals surface area (Å²) >= 11 is 3.42. The molecular formula is C11H21BrO. The van der Waals surface area contributed by atoms with Crippen molar-refractivity contribution in [1.82, 2.24) is 0 Å². The molecule has 0 aliphatic rings. The van der Waals surface area contributed by atoms with E-state index in [1.54, 1.807) is 0 Å². The molecule has 0 spiro atoms. The summed E-state index contributed by atoms with van der Waals surface area (Å²) in [6.45, 7) is 14.1. The molecule has 0 amide bonds. The van der Waals surface area contributed by atoms with Crippen molar-refractivity contribution in [2.45, 2.75) is 52.8 Å². The zero-order valence-corrected chi connectivity index (χ0v) is 11.4. The molecule has 0 atom stereocenters. The van der Waals surface area contributed by atoms with Gasteiger partial charge in [-0.15, -0.1) is 0 Å². The molecule has 13 heavy (non-hydrogen) atoms. The maximum Gasteiger partial charge on any atom is 0.155 e. The van der Waals surface area contributed by atoms with Gasteiger partial charge in [0.05, 0.1) is 4.32 Å². The summed E-state index contributed by atoms with van der Waals surface area (Å²) in [5.41, 5.74) is -0.310. The summed E-state index contributed by atoms with van der Waals surface area (Å²) < 4.78 is -0.427. The number of rotatable bonds is 2. The van der Waals surface area contributed by atoms with Crippen molar-refractivity contribution >= 4 is 21.7 Å².